The predicted octanol–water partition coefficient (Wildman–Crippen LogP) is 1.01. The van der Waals surface area contributed by atoms with Crippen LogP contribution in [0.2, 0.25) is 0 Å². The minimum atomic E-state index is -1.18. The Morgan fingerprint density at radius 1 is 1.36 bits per heavy atom. The number of nitrogens with zero attached hydrogens (tertiary/aromatic N) is 1. The van der Waals surface area contributed by atoms with Crippen LogP contribution < -0.4 is 5.32 Å². The number of rotatable bonds is 4. The lowest BCUT2D eigenvalue weighted by atomic mass is 9.95. The van der Waals surface area contributed by atoms with Crippen LogP contribution >= 0.6 is 11.8 Å². The zero-order valence-corrected chi connectivity index (χ0v) is 14.5. The molecule has 2 fully saturated rings. The third-order valence-electron chi connectivity index (χ3n) is 4.36. The SMILES string of the molecule is CN=C1N[C@@H]2[C@@H](O)[C@H](O)[C@@H]([C@H](C)OCc3cccc(F)c3F)O[C@@H]2S1. The third kappa shape index (κ3) is 3.65. The van der Waals surface area contributed by atoms with Crippen LogP contribution in [0.5, 0.6) is 0 Å². The van der Waals surface area contributed by atoms with Crippen LogP contribution in [0, 0.1) is 11.6 Å². The molecular weight excluding hydrogens is 354 g/mol. The molecule has 0 aromatic heterocycles. The first-order valence-corrected chi connectivity index (χ1v) is 8.76. The number of amidine groups is 1. The number of halogens is 2. The number of fused-ring (bicyclic) bond motifs is 1. The van der Waals surface area contributed by atoms with E-state index in [2.05, 4.69) is 10.3 Å². The van der Waals surface area contributed by atoms with Gasteiger partial charge in [0.05, 0.1) is 18.8 Å². The molecule has 2 saturated heterocycles. The van der Waals surface area contributed by atoms with E-state index < -0.39 is 47.5 Å². The molecule has 2 aliphatic rings. The first-order chi connectivity index (χ1) is 11.9. The first kappa shape index (κ1) is 18.5. The van der Waals surface area contributed by atoms with E-state index in [-0.39, 0.29) is 12.2 Å². The Kier molecular flexibility index (Phi) is 5.59. The van der Waals surface area contributed by atoms with Gasteiger partial charge in [-0.05, 0) is 13.0 Å². The number of aliphatic hydroxyl groups is 2. The van der Waals surface area contributed by atoms with Crippen molar-refractivity contribution in [2.24, 2.45) is 4.99 Å². The van der Waals surface area contributed by atoms with Gasteiger partial charge >= 0.3 is 0 Å². The largest absolute Gasteiger partial charge is 0.388 e. The van der Waals surface area contributed by atoms with Crippen LogP contribution in [-0.2, 0) is 16.1 Å². The van der Waals surface area contributed by atoms with Crippen molar-refractivity contribution in [2.75, 3.05) is 7.05 Å². The molecule has 3 N–H and O–H groups in total. The minimum Gasteiger partial charge on any atom is -0.388 e. The molecule has 138 valence electrons. The monoisotopic (exact) mass is 374 g/mol. The summed E-state index contributed by atoms with van der Waals surface area (Å²) in [5.74, 6) is -1.90. The molecular formula is C16H20F2N2O4S. The lowest BCUT2D eigenvalue weighted by molar-refractivity contribution is -0.195. The maximum atomic E-state index is 13.7. The Balaban J connectivity index is 1.65. The number of benzene rings is 1. The molecule has 0 bridgehead atoms. The zero-order valence-electron chi connectivity index (χ0n) is 13.7. The van der Waals surface area contributed by atoms with Crippen molar-refractivity contribution in [3.63, 3.8) is 0 Å². The first-order valence-electron chi connectivity index (χ1n) is 7.88. The van der Waals surface area contributed by atoms with E-state index in [1.165, 1.54) is 23.9 Å². The van der Waals surface area contributed by atoms with Crippen LogP contribution in [0.1, 0.15) is 12.5 Å². The second-order valence-corrected chi connectivity index (χ2v) is 7.08. The fraction of sp³-hybridized carbons (Fsp3) is 0.562. The standard InChI is InChI=1S/C16H20F2N2O4S/c1-7(23-6-8-4-3-5-9(17)10(8)18)14-13(22)12(21)11-15(24-14)25-16(19-2)20-11/h3-5,7,11-15,21-22H,6H2,1-2H3,(H,19,20)/t7-,11+,12+,13-,14+,15+/m0/s1. The summed E-state index contributed by atoms with van der Waals surface area (Å²) in [4.78, 5) is 4.02. The number of ether oxygens (including phenoxy) is 2. The quantitative estimate of drug-likeness (QED) is 0.730. The van der Waals surface area contributed by atoms with E-state index in [0.717, 1.165) is 6.07 Å². The number of thioether (sulfide) groups is 1. The topological polar surface area (TPSA) is 83.3 Å². The van der Waals surface area contributed by atoms with Crippen molar-refractivity contribution >= 4 is 16.9 Å². The van der Waals surface area contributed by atoms with Gasteiger partial charge < -0.3 is 25.0 Å². The van der Waals surface area contributed by atoms with Crippen molar-refractivity contribution < 1.29 is 28.5 Å². The summed E-state index contributed by atoms with van der Waals surface area (Å²) in [6, 6.07) is 3.38. The molecule has 3 rings (SSSR count). The van der Waals surface area contributed by atoms with Crippen molar-refractivity contribution in [1.82, 2.24) is 5.32 Å². The maximum Gasteiger partial charge on any atom is 0.164 e. The van der Waals surface area contributed by atoms with Crippen LogP contribution in [0.4, 0.5) is 8.78 Å². The number of nitrogens with one attached hydrogen (secondary N) is 1. The normalized spacial score (nSPS) is 34.6. The highest BCUT2D eigenvalue weighted by Crippen LogP contribution is 2.35. The zero-order chi connectivity index (χ0) is 18.1. The van der Waals surface area contributed by atoms with Gasteiger partial charge in [0.2, 0.25) is 0 Å². The Labute approximate surface area is 148 Å². The van der Waals surface area contributed by atoms with E-state index in [9.17, 15) is 19.0 Å². The summed E-state index contributed by atoms with van der Waals surface area (Å²) < 4.78 is 38.3. The van der Waals surface area contributed by atoms with Crippen LogP contribution in [0.15, 0.2) is 23.2 Å². The molecule has 0 radical (unpaired) electrons. The van der Waals surface area contributed by atoms with Crippen molar-refractivity contribution in [3.8, 4) is 0 Å². The summed E-state index contributed by atoms with van der Waals surface area (Å²) in [5, 5.41) is 24.3. The molecule has 0 unspecified atom stereocenters. The summed E-state index contributed by atoms with van der Waals surface area (Å²) in [6.07, 6.45) is -3.69. The van der Waals surface area contributed by atoms with Crippen LogP contribution in [0.3, 0.4) is 0 Å². The third-order valence-corrected chi connectivity index (χ3v) is 5.52. The molecule has 9 heteroatoms. The summed E-state index contributed by atoms with van der Waals surface area (Å²) >= 11 is 1.32. The summed E-state index contributed by atoms with van der Waals surface area (Å²) in [6.45, 7) is 1.48. The maximum absolute atomic E-state index is 13.7. The Hall–Kier alpha value is -1.26. The van der Waals surface area contributed by atoms with Crippen LogP contribution in [-0.4, -0.2) is 58.3 Å². The number of aliphatic imine (C=N–C) groups is 1. The van der Waals surface area contributed by atoms with Gasteiger partial charge in [0.25, 0.3) is 0 Å². The van der Waals surface area contributed by atoms with E-state index in [4.69, 9.17) is 9.47 Å². The second-order valence-electron chi connectivity index (χ2n) is 6.00. The van der Waals surface area contributed by atoms with Gasteiger partial charge in [0, 0.05) is 12.6 Å². The van der Waals surface area contributed by atoms with Gasteiger partial charge in [-0.1, -0.05) is 23.9 Å². The summed E-state index contributed by atoms with van der Waals surface area (Å²) in [5.41, 5.74) is -0.341. The lowest BCUT2D eigenvalue weighted by Crippen LogP contribution is -2.61. The highest BCUT2D eigenvalue weighted by atomic mass is 32.2. The van der Waals surface area contributed by atoms with Gasteiger partial charge in [-0.15, -0.1) is 0 Å². The van der Waals surface area contributed by atoms with Crippen molar-refractivity contribution in [3.05, 3.63) is 35.4 Å². The van der Waals surface area contributed by atoms with E-state index in [1.54, 1.807) is 14.0 Å². The lowest BCUT2D eigenvalue weighted by Gasteiger charge is -2.41. The highest BCUT2D eigenvalue weighted by Gasteiger charge is 2.50. The van der Waals surface area contributed by atoms with Gasteiger partial charge in [-0.2, -0.15) is 0 Å². The average Bonchev–Trinajstić information content (AvgIpc) is 3.02. The molecule has 25 heavy (non-hydrogen) atoms. The van der Waals surface area contributed by atoms with Gasteiger partial charge in [0.1, 0.15) is 23.7 Å². The predicted molar refractivity (Wildman–Crippen MR) is 89.2 cm³/mol. The molecule has 2 heterocycles. The molecule has 2 aliphatic heterocycles. The Morgan fingerprint density at radius 2 is 2.12 bits per heavy atom. The minimum absolute atomic E-state index is 0.0767. The molecule has 0 amide bonds. The second kappa shape index (κ2) is 7.55. The van der Waals surface area contributed by atoms with E-state index in [1.807, 2.05) is 0 Å². The van der Waals surface area contributed by atoms with Crippen molar-refractivity contribution in [2.45, 2.75) is 49.4 Å². The van der Waals surface area contributed by atoms with Crippen molar-refractivity contribution in [1.29, 1.82) is 0 Å². The number of aliphatic hydroxyl groups excluding tert-OH is 2. The molecule has 0 aliphatic carbocycles. The molecule has 6 atom stereocenters. The highest BCUT2D eigenvalue weighted by molar-refractivity contribution is 8.14. The Morgan fingerprint density at radius 3 is 2.84 bits per heavy atom. The molecule has 0 spiro atoms. The average molecular weight is 374 g/mol. The van der Waals surface area contributed by atoms with E-state index in [0.29, 0.717) is 5.17 Å². The fourth-order valence-electron chi connectivity index (χ4n) is 2.91. The van der Waals surface area contributed by atoms with Gasteiger partial charge in [-0.25, -0.2) is 8.78 Å². The van der Waals surface area contributed by atoms with Crippen LogP contribution in [0.25, 0.3) is 0 Å². The van der Waals surface area contributed by atoms with Gasteiger partial charge in [-0.3, -0.25) is 4.99 Å². The number of hydrogen-bond donors (Lipinski definition) is 3. The Bertz CT molecular complexity index is 663. The summed E-state index contributed by atoms with van der Waals surface area (Å²) in [7, 11) is 1.62. The number of hydrogen-bond acceptors (Lipinski definition) is 6. The molecule has 1 aromatic carbocycles. The van der Waals surface area contributed by atoms with Gasteiger partial charge in [0.15, 0.2) is 16.8 Å². The molecule has 6 nitrogen and oxygen atoms in total. The smallest absolute Gasteiger partial charge is 0.164 e. The fourth-order valence-corrected chi connectivity index (χ4v) is 4.00. The van der Waals surface area contributed by atoms with E-state index >= 15 is 0 Å². The molecule has 0 saturated carbocycles. The molecule has 1 aromatic rings.